The molecule has 3 N–H and O–H groups in total. The van der Waals surface area contributed by atoms with Gasteiger partial charge in [0.25, 0.3) is 10.0 Å². The van der Waals surface area contributed by atoms with E-state index in [0.29, 0.717) is 12.8 Å². The molecule has 0 aromatic carbocycles. The number of nitrogens with one attached hydrogen (secondary N) is 1. The fourth-order valence-corrected chi connectivity index (χ4v) is 2.90. The molecule has 1 fully saturated rings. The number of pyridine rings is 1. The van der Waals surface area contributed by atoms with Crippen molar-refractivity contribution < 1.29 is 8.42 Å². The van der Waals surface area contributed by atoms with Gasteiger partial charge < -0.3 is 5.73 Å². The molecule has 0 amide bonds. The van der Waals surface area contributed by atoms with E-state index < -0.39 is 10.0 Å². The lowest BCUT2D eigenvalue weighted by Gasteiger charge is -2.32. The van der Waals surface area contributed by atoms with Crippen molar-refractivity contribution in [1.82, 2.24) is 9.71 Å². The molecule has 0 saturated heterocycles. The van der Waals surface area contributed by atoms with E-state index in [0.717, 1.165) is 0 Å². The number of halogens is 1. The van der Waals surface area contributed by atoms with Crippen LogP contribution in [0.5, 0.6) is 0 Å². The number of hydrogen-bond acceptors (Lipinski definition) is 5. The minimum atomic E-state index is -3.64. The summed E-state index contributed by atoms with van der Waals surface area (Å²) in [6, 6.07) is 4.53. The lowest BCUT2D eigenvalue weighted by molar-refractivity contribution is 0.326. The first-order chi connectivity index (χ1) is 8.01. The Hall–Kier alpha value is -1.20. The Kier molecular flexibility index (Phi) is 4.65. The van der Waals surface area contributed by atoms with Crippen LogP contribution in [0.4, 0.5) is 0 Å². The SMILES string of the molecule is Cl.N#Cc1ccnc(S(=O)(=O)NC2CC(N)C2)c1. The quantitative estimate of drug-likeness (QED) is 0.822. The average Bonchev–Trinajstić information content (AvgIpc) is 2.27. The van der Waals surface area contributed by atoms with Crippen LogP contribution in [-0.2, 0) is 10.0 Å². The summed E-state index contributed by atoms with van der Waals surface area (Å²) >= 11 is 0. The van der Waals surface area contributed by atoms with Crippen molar-refractivity contribution in [2.45, 2.75) is 30.0 Å². The van der Waals surface area contributed by atoms with Crippen LogP contribution in [0.25, 0.3) is 0 Å². The van der Waals surface area contributed by atoms with Crippen LogP contribution >= 0.6 is 12.4 Å². The second kappa shape index (κ2) is 5.63. The van der Waals surface area contributed by atoms with Gasteiger partial charge in [-0.3, -0.25) is 0 Å². The van der Waals surface area contributed by atoms with Crippen LogP contribution in [0.3, 0.4) is 0 Å². The first-order valence-corrected chi connectivity index (χ1v) is 6.63. The highest BCUT2D eigenvalue weighted by atomic mass is 35.5. The number of nitrogens with zero attached hydrogens (tertiary/aromatic N) is 2. The van der Waals surface area contributed by atoms with Gasteiger partial charge in [-0.15, -0.1) is 12.4 Å². The van der Waals surface area contributed by atoms with E-state index in [9.17, 15) is 8.42 Å². The van der Waals surface area contributed by atoms with Crippen molar-refractivity contribution in [3.8, 4) is 6.07 Å². The van der Waals surface area contributed by atoms with Crippen LogP contribution in [0.15, 0.2) is 23.4 Å². The van der Waals surface area contributed by atoms with E-state index in [2.05, 4.69) is 9.71 Å². The second-order valence-corrected chi connectivity index (χ2v) is 5.71. The van der Waals surface area contributed by atoms with Crippen molar-refractivity contribution >= 4 is 22.4 Å². The summed E-state index contributed by atoms with van der Waals surface area (Å²) in [4.78, 5) is 3.76. The van der Waals surface area contributed by atoms with E-state index in [1.54, 1.807) is 0 Å². The van der Waals surface area contributed by atoms with Gasteiger partial charge >= 0.3 is 0 Å². The molecule has 0 spiro atoms. The van der Waals surface area contributed by atoms with E-state index in [1.165, 1.54) is 18.3 Å². The Balaban J connectivity index is 0.00000162. The van der Waals surface area contributed by atoms with Gasteiger partial charge in [-0.05, 0) is 25.0 Å². The molecule has 2 rings (SSSR count). The number of hydrogen-bond donors (Lipinski definition) is 2. The van der Waals surface area contributed by atoms with E-state index >= 15 is 0 Å². The fraction of sp³-hybridized carbons (Fsp3) is 0.400. The van der Waals surface area contributed by atoms with Gasteiger partial charge in [-0.1, -0.05) is 0 Å². The third kappa shape index (κ3) is 3.17. The fourth-order valence-electron chi connectivity index (χ4n) is 1.66. The van der Waals surface area contributed by atoms with Crippen molar-refractivity contribution in [3.05, 3.63) is 23.9 Å². The maximum Gasteiger partial charge on any atom is 0.258 e. The molecule has 1 aliphatic carbocycles. The van der Waals surface area contributed by atoms with Gasteiger partial charge in [0.1, 0.15) is 0 Å². The van der Waals surface area contributed by atoms with E-state index in [-0.39, 0.29) is 35.1 Å². The molecule has 1 aromatic rings. The van der Waals surface area contributed by atoms with Crippen LogP contribution in [0.1, 0.15) is 18.4 Å². The average molecular weight is 289 g/mol. The number of sulfonamides is 1. The zero-order valence-electron chi connectivity index (χ0n) is 9.41. The second-order valence-electron chi connectivity index (χ2n) is 4.04. The number of nitrogens with two attached hydrogens (primary N) is 1. The van der Waals surface area contributed by atoms with Gasteiger partial charge in [0.2, 0.25) is 0 Å². The maximum absolute atomic E-state index is 11.9. The number of rotatable bonds is 3. The Morgan fingerprint density at radius 2 is 2.17 bits per heavy atom. The first kappa shape index (κ1) is 14.9. The molecule has 8 heteroatoms. The van der Waals surface area contributed by atoms with Crippen LogP contribution in [0.2, 0.25) is 0 Å². The van der Waals surface area contributed by atoms with Gasteiger partial charge in [0.15, 0.2) is 5.03 Å². The van der Waals surface area contributed by atoms with E-state index in [1.807, 2.05) is 6.07 Å². The first-order valence-electron chi connectivity index (χ1n) is 5.15. The summed E-state index contributed by atoms with van der Waals surface area (Å²) in [5, 5.41) is 8.56. The normalized spacial score (nSPS) is 22.4. The van der Waals surface area contributed by atoms with Crippen molar-refractivity contribution in [3.63, 3.8) is 0 Å². The Bertz CT molecular complexity index is 563. The molecular formula is C10H13ClN4O2S. The van der Waals surface area contributed by atoms with Crippen molar-refractivity contribution in [2.75, 3.05) is 0 Å². The molecule has 0 bridgehead atoms. The number of nitriles is 1. The largest absolute Gasteiger partial charge is 0.328 e. The molecule has 1 saturated carbocycles. The molecule has 0 atom stereocenters. The third-order valence-corrected chi connectivity index (χ3v) is 4.05. The minimum absolute atomic E-state index is 0. The smallest absolute Gasteiger partial charge is 0.258 e. The summed E-state index contributed by atoms with van der Waals surface area (Å²) in [6.07, 6.45) is 2.58. The Labute approximate surface area is 112 Å². The summed E-state index contributed by atoms with van der Waals surface area (Å²) in [5.74, 6) is 0. The Morgan fingerprint density at radius 1 is 1.50 bits per heavy atom. The highest BCUT2D eigenvalue weighted by Gasteiger charge is 2.30. The standard InChI is InChI=1S/C10H12N4O2S.ClH/c11-6-7-1-2-13-10(3-7)17(15,16)14-9-4-8(12)5-9;/h1-3,8-9,14H,4-5,12H2;1H. The lowest BCUT2D eigenvalue weighted by Crippen LogP contribution is -2.50. The van der Waals surface area contributed by atoms with E-state index in [4.69, 9.17) is 11.0 Å². The molecule has 1 heterocycles. The van der Waals surface area contributed by atoms with Crippen LogP contribution < -0.4 is 10.5 Å². The predicted molar refractivity (Wildman–Crippen MR) is 67.5 cm³/mol. The molecule has 0 radical (unpaired) electrons. The highest BCUT2D eigenvalue weighted by Crippen LogP contribution is 2.20. The topological polar surface area (TPSA) is 109 Å². The van der Waals surface area contributed by atoms with Gasteiger partial charge in [0.05, 0.1) is 11.6 Å². The molecule has 1 aliphatic rings. The molecule has 1 aromatic heterocycles. The maximum atomic E-state index is 11.9. The van der Waals surface area contributed by atoms with Crippen LogP contribution in [0, 0.1) is 11.3 Å². The van der Waals surface area contributed by atoms with Crippen molar-refractivity contribution in [2.24, 2.45) is 5.73 Å². The van der Waals surface area contributed by atoms with Gasteiger partial charge in [-0.25, -0.2) is 18.1 Å². The predicted octanol–water partition coefficient (Wildman–Crippen LogP) is 0.143. The molecule has 18 heavy (non-hydrogen) atoms. The summed E-state index contributed by atoms with van der Waals surface area (Å²) in [6.45, 7) is 0. The molecule has 0 aliphatic heterocycles. The number of aromatic nitrogens is 1. The zero-order chi connectivity index (χ0) is 12.5. The molecule has 0 unspecified atom stereocenters. The summed E-state index contributed by atoms with van der Waals surface area (Å²) < 4.78 is 26.3. The molecule has 98 valence electrons. The molecular weight excluding hydrogens is 276 g/mol. The van der Waals surface area contributed by atoms with Crippen LogP contribution in [-0.4, -0.2) is 25.5 Å². The monoisotopic (exact) mass is 288 g/mol. The zero-order valence-corrected chi connectivity index (χ0v) is 11.0. The van der Waals surface area contributed by atoms with Gasteiger partial charge in [-0.2, -0.15) is 5.26 Å². The lowest BCUT2D eigenvalue weighted by atomic mass is 9.89. The third-order valence-electron chi connectivity index (χ3n) is 2.64. The van der Waals surface area contributed by atoms with Crippen molar-refractivity contribution in [1.29, 1.82) is 5.26 Å². The molecule has 6 nitrogen and oxygen atoms in total. The Morgan fingerprint density at radius 3 is 2.72 bits per heavy atom. The minimum Gasteiger partial charge on any atom is -0.328 e. The highest BCUT2D eigenvalue weighted by molar-refractivity contribution is 7.89. The van der Waals surface area contributed by atoms with Gasteiger partial charge in [0, 0.05) is 18.3 Å². The summed E-state index contributed by atoms with van der Waals surface area (Å²) in [5.41, 5.74) is 5.85. The summed E-state index contributed by atoms with van der Waals surface area (Å²) in [7, 11) is -3.64.